The Balaban J connectivity index is 1.24. The molecule has 1 fully saturated rings. The highest BCUT2D eigenvalue weighted by Gasteiger charge is 2.29. The Morgan fingerprint density at radius 3 is 2.93 bits per heavy atom. The van der Waals surface area contributed by atoms with Crippen LogP contribution in [0, 0.1) is 0 Å². The molecule has 1 aromatic carbocycles. The molecule has 0 bridgehead atoms. The van der Waals surface area contributed by atoms with Crippen LogP contribution in [0.25, 0.3) is 0 Å². The van der Waals surface area contributed by atoms with Crippen LogP contribution in [0.15, 0.2) is 47.1 Å². The van der Waals surface area contributed by atoms with Gasteiger partial charge in [-0.05, 0) is 30.4 Å². The Bertz CT molecular complexity index is 975. The van der Waals surface area contributed by atoms with Gasteiger partial charge >= 0.3 is 0 Å². The van der Waals surface area contributed by atoms with Gasteiger partial charge in [0.05, 0.1) is 18.8 Å². The largest absolute Gasteiger partial charge is 0.370 e. The zero-order valence-corrected chi connectivity index (χ0v) is 15.5. The molecule has 144 valence electrons. The first kappa shape index (κ1) is 17.2. The van der Waals surface area contributed by atoms with Crippen molar-refractivity contribution in [3.05, 3.63) is 70.9 Å². The second-order valence-electron chi connectivity index (χ2n) is 7.43. The van der Waals surface area contributed by atoms with Gasteiger partial charge in [-0.25, -0.2) is 0 Å². The second-order valence-corrected chi connectivity index (χ2v) is 7.43. The first-order valence-corrected chi connectivity index (χ1v) is 9.73. The maximum atomic E-state index is 12.4. The van der Waals surface area contributed by atoms with Crippen molar-refractivity contribution in [2.45, 2.75) is 37.8 Å². The Labute approximate surface area is 162 Å². The van der Waals surface area contributed by atoms with Crippen LogP contribution in [0.2, 0.25) is 0 Å². The highest BCUT2D eigenvalue weighted by molar-refractivity contribution is 5.92. The van der Waals surface area contributed by atoms with Gasteiger partial charge < -0.3 is 14.6 Å². The minimum absolute atomic E-state index is 0.241. The Hall–Kier alpha value is -2.93. The van der Waals surface area contributed by atoms with E-state index in [9.17, 15) is 4.79 Å². The summed E-state index contributed by atoms with van der Waals surface area (Å²) in [5.74, 6) is 1.00. The molecule has 28 heavy (non-hydrogen) atoms. The number of nitrogens with one attached hydrogen (secondary N) is 1. The fourth-order valence-corrected chi connectivity index (χ4v) is 3.57. The van der Waals surface area contributed by atoms with Crippen molar-refractivity contribution in [2.75, 3.05) is 13.2 Å². The normalized spacial score (nSPS) is 18.6. The van der Waals surface area contributed by atoms with Crippen molar-refractivity contribution >= 4 is 5.91 Å². The summed E-state index contributed by atoms with van der Waals surface area (Å²) in [7, 11) is 0. The SMILES string of the molecule is O=C(NCC1OCCc2cn(Cc3ccccc3)nc21)c1cc(C2CC2)on1. The molecule has 1 amide bonds. The fraction of sp³-hybridized carbons (Fsp3) is 0.381. The molecule has 0 radical (unpaired) electrons. The molecule has 7 heteroatoms. The van der Waals surface area contributed by atoms with Crippen molar-refractivity contribution in [3.63, 3.8) is 0 Å². The number of hydrogen-bond donors (Lipinski definition) is 1. The smallest absolute Gasteiger partial charge is 0.273 e. The summed E-state index contributed by atoms with van der Waals surface area (Å²) >= 11 is 0. The molecule has 5 rings (SSSR count). The molecule has 3 heterocycles. The lowest BCUT2D eigenvalue weighted by atomic mass is 10.1. The van der Waals surface area contributed by atoms with E-state index in [1.54, 1.807) is 6.07 Å². The third-order valence-corrected chi connectivity index (χ3v) is 5.24. The van der Waals surface area contributed by atoms with Gasteiger partial charge in [0.2, 0.25) is 0 Å². The van der Waals surface area contributed by atoms with E-state index in [2.05, 4.69) is 28.8 Å². The van der Waals surface area contributed by atoms with Gasteiger partial charge in [0, 0.05) is 24.7 Å². The minimum atomic E-state index is -0.250. The van der Waals surface area contributed by atoms with E-state index in [0.29, 0.717) is 24.8 Å². The van der Waals surface area contributed by atoms with Crippen LogP contribution in [0.1, 0.15) is 57.9 Å². The maximum absolute atomic E-state index is 12.4. The summed E-state index contributed by atoms with van der Waals surface area (Å²) in [5, 5.41) is 11.5. The number of carbonyl (C=O) groups is 1. The molecule has 2 aromatic heterocycles. The van der Waals surface area contributed by atoms with Crippen molar-refractivity contribution < 1.29 is 14.1 Å². The lowest BCUT2D eigenvalue weighted by Gasteiger charge is -2.21. The summed E-state index contributed by atoms with van der Waals surface area (Å²) in [6.45, 7) is 1.70. The molecular formula is C21H22N4O3. The topological polar surface area (TPSA) is 82.2 Å². The Morgan fingerprint density at radius 1 is 1.25 bits per heavy atom. The van der Waals surface area contributed by atoms with E-state index in [1.807, 2.05) is 22.9 Å². The van der Waals surface area contributed by atoms with E-state index in [4.69, 9.17) is 14.4 Å². The number of aromatic nitrogens is 3. The van der Waals surface area contributed by atoms with Crippen molar-refractivity contribution in [3.8, 4) is 0 Å². The van der Waals surface area contributed by atoms with E-state index in [0.717, 1.165) is 37.3 Å². The molecule has 1 unspecified atom stereocenters. The molecule has 1 aliphatic heterocycles. The monoisotopic (exact) mass is 378 g/mol. The van der Waals surface area contributed by atoms with Crippen molar-refractivity contribution in [1.29, 1.82) is 0 Å². The summed E-state index contributed by atoms with van der Waals surface area (Å²) in [4.78, 5) is 12.4. The standard InChI is InChI=1S/C21H22N4O3/c26-21(17-10-18(28-24-17)15-6-7-15)22-11-19-20-16(8-9-27-19)13-25(23-20)12-14-4-2-1-3-5-14/h1-5,10,13,15,19H,6-9,11-12H2,(H,22,26). The van der Waals surface area contributed by atoms with Gasteiger partial charge in [-0.15, -0.1) is 0 Å². The maximum Gasteiger partial charge on any atom is 0.273 e. The Morgan fingerprint density at radius 2 is 2.11 bits per heavy atom. The van der Waals surface area contributed by atoms with Crippen LogP contribution in [-0.2, 0) is 17.7 Å². The van der Waals surface area contributed by atoms with Gasteiger partial charge in [-0.1, -0.05) is 35.5 Å². The summed E-state index contributed by atoms with van der Waals surface area (Å²) in [5.41, 5.74) is 3.61. The van der Waals surface area contributed by atoms with Gasteiger partial charge in [0.1, 0.15) is 11.9 Å². The van der Waals surface area contributed by atoms with Crippen LogP contribution in [-0.4, -0.2) is 34.0 Å². The van der Waals surface area contributed by atoms with E-state index < -0.39 is 0 Å². The molecule has 3 aromatic rings. The molecule has 1 aliphatic carbocycles. The Kier molecular flexibility index (Phi) is 4.44. The third-order valence-electron chi connectivity index (χ3n) is 5.24. The number of carbonyl (C=O) groups excluding carboxylic acids is 1. The molecule has 1 saturated carbocycles. The molecule has 1 N–H and O–H groups in total. The third kappa shape index (κ3) is 3.57. The number of ether oxygens (including phenoxy) is 1. The average Bonchev–Trinajstić information content (AvgIpc) is 3.29. The van der Waals surface area contributed by atoms with Gasteiger partial charge in [0.25, 0.3) is 5.91 Å². The molecule has 1 atom stereocenters. The van der Waals surface area contributed by atoms with Crippen LogP contribution in [0.3, 0.4) is 0 Å². The molecular weight excluding hydrogens is 356 g/mol. The van der Waals surface area contributed by atoms with Gasteiger partial charge in [-0.2, -0.15) is 5.10 Å². The van der Waals surface area contributed by atoms with Crippen molar-refractivity contribution in [1.82, 2.24) is 20.3 Å². The molecule has 0 spiro atoms. The van der Waals surface area contributed by atoms with Crippen molar-refractivity contribution in [2.24, 2.45) is 0 Å². The van der Waals surface area contributed by atoms with E-state index in [-0.39, 0.29) is 12.0 Å². The number of fused-ring (bicyclic) bond motifs is 1. The molecule has 0 saturated heterocycles. The molecule has 2 aliphatic rings. The lowest BCUT2D eigenvalue weighted by molar-refractivity contribution is 0.0382. The predicted molar refractivity (Wildman–Crippen MR) is 101 cm³/mol. The van der Waals surface area contributed by atoms with Crippen LogP contribution < -0.4 is 5.32 Å². The zero-order chi connectivity index (χ0) is 18.9. The van der Waals surface area contributed by atoms with E-state index in [1.165, 1.54) is 11.1 Å². The lowest BCUT2D eigenvalue weighted by Crippen LogP contribution is -2.32. The second kappa shape index (κ2) is 7.24. The molecule has 7 nitrogen and oxygen atoms in total. The number of hydrogen-bond acceptors (Lipinski definition) is 5. The van der Waals surface area contributed by atoms with Crippen LogP contribution in [0.4, 0.5) is 0 Å². The van der Waals surface area contributed by atoms with E-state index >= 15 is 0 Å². The summed E-state index contributed by atoms with van der Waals surface area (Å²) in [6, 6.07) is 12.0. The first-order valence-electron chi connectivity index (χ1n) is 9.73. The number of rotatable bonds is 6. The van der Waals surface area contributed by atoms with Crippen LogP contribution >= 0.6 is 0 Å². The van der Waals surface area contributed by atoms with Crippen LogP contribution in [0.5, 0.6) is 0 Å². The predicted octanol–water partition coefficient (Wildman–Crippen LogP) is 2.84. The summed E-state index contributed by atoms with van der Waals surface area (Å²) in [6.07, 6.45) is 4.89. The fourth-order valence-electron chi connectivity index (χ4n) is 3.57. The number of nitrogens with zero attached hydrogens (tertiary/aromatic N) is 3. The quantitative estimate of drug-likeness (QED) is 0.713. The average molecular weight is 378 g/mol. The van der Waals surface area contributed by atoms with Gasteiger partial charge in [-0.3, -0.25) is 9.48 Å². The first-order chi connectivity index (χ1) is 13.8. The highest BCUT2D eigenvalue weighted by atomic mass is 16.5. The number of amides is 1. The zero-order valence-electron chi connectivity index (χ0n) is 15.5. The van der Waals surface area contributed by atoms with Gasteiger partial charge in [0.15, 0.2) is 5.69 Å². The number of benzene rings is 1. The summed E-state index contributed by atoms with van der Waals surface area (Å²) < 4.78 is 13.1. The minimum Gasteiger partial charge on any atom is -0.370 e. The highest BCUT2D eigenvalue weighted by Crippen LogP contribution is 2.40.